The van der Waals surface area contributed by atoms with Gasteiger partial charge >= 0.3 is 12.1 Å². The highest BCUT2D eigenvalue weighted by Crippen LogP contribution is 2.38. The average Bonchev–Trinajstić information content (AvgIpc) is 2.65. The first-order chi connectivity index (χ1) is 13.2. The van der Waals surface area contributed by atoms with Crippen molar-refractivity contribution < 1.29 is 23.1 Å². The number of alkyl halides is 3. The maximum Gasteiger partial charge on any atom is 0.416 e. The molecule has 0 bridgehead atoms. The van der Waals surface area contributed by atoms with Crippen molar-refractivity contribution in [2.75, 3.05) is 22.7 Å². The molecule has 2 N–H and O–H groups in total. The Morgan fingerprint density at radius 1 is 1.11 bits per heavy atom. The highest BCUT2D eigenvalue weighted by Gasteiger charge is 2.31. The third-order valence-corrected chi connectivity index (χ3v) is 5.43. The van der Waals surface area contributed by atoms with Gasteiger partial charge in [0, 0.05) is 23.0 Å². The largest absolute Gasteiger partial charge is 0.478 e. The van der Waals surface area contributed by atoms with Crippen LogP contribution >= 0.6 is 23.5 Å². The van der Waals surface area contributed by atoms with Crippen LogP contribution in [0.15, 0.2) is 41.3 Å². The molecule has 150 valence electrons. The smallest absolute Gasteiger partial charge is 0.416 e. The van der Waals surface area contributed by atoms with Gasteiger partial charge in [0.25, 0.3) is 0 Å². The summed E-state index contributed by atoms with van der Waals surface area (Å²) in [6, 6.07) is 7.94. The van der Waals surface area contributed by atoms with E-state index in [1.54, 1.807) is 6.07 Å². The van der Waals surface area contributed by atoms with Crippen LogP contribution in [-0.2, 0) is 6.18 Å². The maximum atomic E-state index is 13.2. The first kappa shape index (κ1) is 20.7. The molecule has 3 rings (SSSR count). The molecule has 0 radical (unpaired) electrons. The molecule has 9 heteroatoms. The van der Waals surface area contributed by atoms with Gasteiger partial charge in [-0.15, -0.1) is 0 Å². The summed E-state index contributed by atoms with van der Waals surface area (Å²) in [5.74, 6) is -1.13. The zero-order valence-electron chi connectivity index (χ0n) is 14.7. The zero-order chi connectivity index (χ0) is 20.3. The Hall–Kier alpha value is -2.06. The van der Waals surface area contributed by atoms with Crippen LogP contribution in [0.25, 0.3) is 0 Å². The maximum absolute atomic E-state index is 13.2. The molecule has 0 atom stereocenters. The number of aromatic carboxylic acids is 1. The third-order valence-electron chi connectivity index (χ3n) is 4.42. The van der Waals surface area contributed by atoms with Gasteiger partial charge in [-0.2, -0.15) is 13.2 Å². The zero-order valence-corrected chi connectivity index (χ0v) is 16.3. The van der Waals surface area contributed by atoms with Gasteiger partial charge in [-0.3, -0.25) is 0 Å². The lowest BCUT2D eigenvalue weighted by atomic mass is 10.1. The lowest BCUT2D eigenvalue weighted by molar-refractivity contribution is -0.137. The fourth-order valence-electron chi connectivity index (χ4n) is 3.06. The SMILES string of the molecule is O=C(O)c1cc(Cl)cc(SNc2cc(C(F)(F)F)ccc2N2CCCCC2)c1. The molecule has 0 aromatic heterocycles. The van der Waals surface area contributed by atoms with Crippen LogP contribution in [0.1, 0.15) is 35.2 Å². The number of hydrogen-bond donors (Lipinski definition) is 2. The molecule has 0 amide bonds. The molecule has 1 aliphatic rings. The lowest BCUT2D eigenvalue weighted by Crippen LogP contribution is -2.30. The Balaban J connectivity index is 1.89. The Morgan fingerprint density at radius 2 is 1.82 bits per heavy atom. The number of anilines is 2. The van der Waals surface area contributed by atoms with E-state index in [2.05, 4.69) is 9.62 Å². The number of carboxylic acids is 1. The van der Waals surface area contributed by atoms with E-state index >= 15 is 0 Å². The van der Waals surface area contributed by atoms with Gasteiger partial charge in [-0.1, -0.05) is 11.6 Å². The van der Waals surface area contributed by atoms with E-state index in [1.807, 2.05) is 0 Å². The highest BCUT2D eigenvalue weighted by molar-refractivity contribution is 8.00. The van der Waals surface area contributed by atoms with Gasteiger partial charge in [-0.25, -0.2) is 4.79 Å². The van der Waals surface area contributed by atoms with E-state index in [0.29, 0.717) is 16.3 Å². The lowest BCUT2D eigenvalue weighted by Gasteiger charge is -2.31. The van der Waals surface area contributed by atoms with E-state index in [-0.39, 0.29) is 10.6 Å². The minimum absolute atomic E-state index is 0.0112. The van der Waals surface area contributed by atoms with E-state index in [1.165, 1.54) is 18.2 Å². The predicted molar refractivity (Wildman–Crippen MR) is 105 cm³/mol. The molecule has 0 unspecified atom stereocenters. The highest BCUT2D eigenvalue weighted by atomic mass is 35.5. The molecule has 1 heterocycles. The van der Waals surface area contributed by atoms with Crippen molar-refractivity contribution in [1.82, 2.24) is 0 Å². The first-order valence-electron chi connectivity index (χ1n) is 8.67. The van der Waals surface area contributed by atoms with E-state index in [9.17, 15) is 18.0 Å². The van der Waals surface area contributed by atoms with Crippen molar-refractivity contribution in [3.63, 3.8) is 0 Å². The van der Waals surface area contributed by atoms with Crippen molar-refractivity contribution in [3.05, 3.63) is 52.5 Å². The quantitative estimate of drug-likeness (QED) is 0.556. The number of nitrogens with zero attached hydrogens (tertiary/aromatic N) is 1. The number of benzene rings is 2. The summed E-state index contributed by atoms with van der Waals surface area (Å²) in [6.45, 7) is 1.57. The van der Waals surface area contributed by atoms with Crippen molar-refractivity contribution in [1.29, 1.82) is 0 Å². The second-order valence-electron chi connectivity index (χ2n) is 6.46. The van der Waals surface area contributed by atoms with Crippen LogP contribution in [0.4, 0.5) is 24.5 Å². The number of piperidine rings is 1. The molecule has 0 saturated carbocycles. The van der Waals surface area contributed by atoms with Crippen LogP contribution in [0.2, 0.25) is 5.02 Å². The number of carboxylic acid groups (broad SMARTS) is 1. The third kappa shape index (κ3) is 5.05. The average molecular weight is 431 g/mol. The molecular weight excluding hydrogens is 413 g/mol. The predicted octanol–water partition coefficient (Wildman–Crippen LogP) is 6.17. The number of halogens is 4. The number of rotatable bonds is 5. The Labute approximate surface area is 169 Å². The molecule has 4 nitrogen and oxygen atoms in total. The first-order valence-corrected chi connectivity index (χ1v) is 9.86. The molecule has 28 heavy (non-hydrogen) atoms. The minimum atomic E-state index is -4.45. The summed E-state index contributed by atoms with van der Waals surface area (Å²) in [4.78, 5) is 13.7. The van der Waals surface area contributed by atoms with Gasteiger partial charge in [0.05, 0.1) is 22.5 Å². The Morgan fingerprint density at radius 3 is 2.46 bits per heavy atom. The van der Waals surface area contributed by atoms with E-state index < -0.39 is 17.7 Å². The van der Waals surface area contributed by atoms with Crippen molar-refractivity contribution in [3.8, 4) is 0 Å². The van der Waals surface area contributed by atoms with E-state index in [4.69, 9.17) is 16.7 Å². The van der Waals surface area contributed by atoms with Crippen molar-refractivity contribution in [2.24, 2.45) is 0 Å². The number of hydrogen-bond acceptors (Lipinski definition) is 4. The van der Waals surface area contributed by atoms with Gasteiger partial charge < -0.3 is 14.7 Å². The van der Waals surface area contributed by atoms with Crippen molar-refractivity contribution in [2.45, 2.75) is 30.3 Å². The number of carbonyl (C=O) groups is 1. The summed E-state index contributed by atoms with van der Waals surface area (Å²) in [5, 5.41) is 9.38. The monoisotopic (exact) mass is 430 g/mol. The van der Waals surface area contributed by atoms with Crippen LogP contribution in [0, 0.1) is 0 Å². The minimum Gasteiger partial charge on any atom is -0.478 e. The summed E-state index contributed by atoms with van der Waals surface area (Å²) in [6.07, 6.45) is -1.36. The number of nitrogens with one attached hydrogen (secondary N) is 1. The second kappa shape index (κ2) is 8.53. The second-order valence-corrected chi connectivity index (χ2v) is 7.78. The fourth-order valence-corrected chi connectivity index (χ4v) is 4.13. The summed E-state index contributed by atoms with van der Waals surface area (Å²) in [7, 11) is 0. The van der Waals surface area contributed by atoms with Gasteiger partial charge in [0.2, 0.25) is 0 Å². The topological polar surface area (TPSA) is 52.6 Å². The molecule has 0 aliphatic carbocycles. The molecular formula is C19H18ClF3N2O2S. The Bertz CT molecular complexity index is 871. The van der Waals surface area contributed by atoms with E-state index in [0.717, 1.165) is 56.4 Å². The Kier molecular flexibility index (Phi) is 6.30. The van der Waals surface area contributed by atoms with Gasteiger partial charge in [0.15, 0.2) is 0 Å². The summed E-state index contributed by atoms with van der Waals surface area (Å²) in [5.41, 5.74) is 0.296. The van der Waals surface area contributed by atoms with Gasteiger partial charge in [0.1, 0.15) is 0 Å². The molecule has 1 saturated heterocycles. The molecule has 2 aromatic carbocycles. The van der Waals surface area contributed by atoms with Crippen LogP contribution in [0.5, 0.6) is 0 Å². The summed E-state index contributed by atoms with van der Waals surface area (Å²) < 4.78 is 42.5. The van der Waals surface area contributed by atoms with Crippen LogP contribution in [-0.4, -0.2) is 24.2 Å². The molecule has 0 spiro atoms. The van der Waals surface area contributed by atoms with Crippen LogP contribution < -0.4 is 9.62 Å². The van der Waals surface area contributed by atoms with Crippen LogP contribution in [0.3, 0.4) is 0 Å². The normalized spacial score (nSPS) is 14.8. The fraction of sp³-hybridized carbons (Fsp3) is 0.316. The van der Waals surface area contributed by atoms with Gasteiger partial charge in [-0.05, 0) is 67.6 Å². The standard InChI is InChI=1S/C19H18ClF3N2O2S/c20-14-8-12(18(26)27)9-15(11-14)28-24-16-10-13(19(21,22)23)4-5-17(16)25-6-2-1-3-7-25/h4-5,8-11,24H,1-3,6-7H2,(H,26,27). The molecule has 1 aliphatic heterocycles. The van der Waals surface area contributed by atoms with Crippen molar-refractivity contribution >= 4 is 40.9 Å². The summed E-state index contributed by atoms with van der Waals surface area (Å²) >= 11 is 6.98. The molecule has 1 fully saturated rings. The molecule has 2 aromatic rings.